The topological polar surface area (TPSA) is 42.7 Å². The standard InChI is InChI=1S/C22H29NO3/c1-13-7-14(2)12-23(11-13)22(24)8-15(3)18-9-19-16(4)17(5)26-21(19)10-20(18)25-6/h8-10,13-14H,7,11-12H2,1-6H3/b15-8+. The van der Waals surface area contributed by atoms with Crippen molar-refractivity contribution in [1.82, 2.24) is 4.90 Å². The van der Waals surface area contributed by atoms with Crippen molar-refractivity contribution in [1.29, 1.82) is 0 Å². The van der Waals surface area contributed by atoms with Crippen molar-refractivity contribution >= 4 is 22.4 Å². The fourth-order valence-electron chi connectivity index (χ4n) is 4.04. The van der Waals surface area contributed by atoms with Gasteiger partial charge in [-0.05, 0) is 56.2 Å². The number of piperidine rings is 1. The highest BCUT2D eigenvalue weighted by molar-refractivity contribution is 5.97. The van der Waals surface area contributed by atoms with Gasteiger partial charge in [0.15, 0.2) is 0 Å². The van der Waals surface area contributed by atoms with Gasteiger partial charge in [0.2, 0.25) is 5.91 Å². The monoisotopic (exact) mass is 355 g/mol. The molecule has 1 fully saturated rings. The molecular formula is C22H29NO3. The van der Waals surface area contributed by atoms with Crippen LogP contribution in [0.2, 0.25) is 0 Å². The summed E-state index contributed by atoms with van der Waals surface area (Å²) in [6.07, 6.45) is 2.94. The van der Waals surface area contributed by atoms with Gasteiger partial charge >= 0.3 is 0 Å². The predicted molar refractivity (Wildman–Crippen MR) is 105 cm³/mol. The van der Waals surface area contributed by atoms with E-state index < -0.39 is 0 Å². The molecule has 0 spiro atoms. The first-order valence-corrected chi connectivity index (χ1v) is 9.35. The van der Waals surface area contributed by atoms with Crippen molar-refractivity contribution in [3.05, 3.63) is 35.1 Å². The molecule has 0 N–H and O–H groups in total. The molecule has 2 heterocycles. The van der Waals surface area contributed by atoms with Gasteiger partial charge in [0.05, 0.1) is 7.11 Å². The number of carbonyl (C=O) groups is 1. The highest BCUT2D eigenvalue weighted by atomic mass is 16.5. The maximum absolute atomic E-state index is 12.8. The number of furan rings is 1. The van der Waals surface area contributed by atoms with Crippen molar-refractivity contribution in [3.63, 3.8) is 0 Å². The van der Waals surface area contributed by atoms with Crippen LogP contribution in [0.3, 0.4) is 0 Å². The quantitative estimate of drug-likeness (QED) is 0.730. The number of aryl methyl sites for hydroxylation is 2. The minimum atomic E-state index is 0.0862. The number of allylic oxidation sites excluding steroid dienone is 1. The second kappa shape index (κ2) is 7.18. The van der Waals surface area contributed by atoms with Crippen LogP contribution in [-0.4, -0.2) is 31.0 Å². The molecule has 0 radical (unpaired) electrons. The second-order valence-corrected chi connectivity index (χ2v) is 7.85. The normalized spacial score (nSPS) is 21.3. The molecule has 2 unspecified atom stereocenters. The van der Waals surface area contributed by atoms with Crippen LogP contribution in [0.4, 0.5) is 0 Å². The zero-order valence-corrected chi connectivity index (χ0v) is 16.7. The van der Waals surface area contributed by atoms with Crippen LogP contribution in [0.15, 0.2) is 22.6 Å². The van der Waals surface area contributed by atoms with Gasteiger partial charge in [0.25, 0.3) is 0 Å². The molecule has 1 amide bonds. The van der Waals surface area contributed by atoms with Crippen LogP contribution in [-0.2, 0) is 4.79 Å². The largest absolute Gasteiger partial charge is 0.496 e. The smallest absolute Gasteiger partial charge is 0.246 e. The Bertz CT molecular complexity index is 852. The molecule has 140 valence electrons. The van der Waals surface area contributed by atoms with E-state index in [1.54, 1.807) is 13.2 Å². The van der Waals surface area contributed by atoms with E-state index in [0.717, 1.165) is 52.3 Å². The lowest BCUT2D eigenvalue weighted by molar-refractivity contribution is -0.128. The first-order valence-electron chi connectivity index (χ1n) is 9.35. The maximum atomic E-state index is 12.8. The molecular weight excluding hydrogens is 326 g/mol. The fraction of sp³-hybridized carbons (Fsp3) is 0.500. The van der Waals surface area contributed by atoms with Crippen molar-refractivity contribution < 1.29 is 13.9 Å². The lowest BCUT2D eigenvalue weighted by Crippen LogP contribution is -2.41. The molecule has 1 aliphatic rings. The molecule has 0 bridgehead atoms. The van der Waals surface area contributed by atoms with Gasteiger partial charge in [-0.15, -0.1) is 0 Å². The van der Waals surface area contributed by atoms with Gasteiger partial charge in [-0.25, -0.2) is 0 Å². The molecule has 4 heteroatoms. The first kappa shape index (κ1) is 18.6. The summed E-state index contributed by atoms with van der Waals surface area (Å²) in [6.45, 7) is 12.1. The molecule has 4 nitrogen and oxygen atoms in total. The van der Waals surface area contributed by atoms with Crippen LogP contribution in [0.1, 0.15) is 44.1 Å². The van der Waals surface area contributed by atoms with Gasteiger partial charge in [0.1, 0.15) is 17.1 Å². The number of nitrogens with zero attached hydrogens (tertiary/aromatic N) is 1. The van der Waals surface area contributed by atoms with Gasteiger partial charge in [-0.3, -0.25) is 4.79 Å². The Morgan fingerprint density at radius 1 is 1.23 bits per heavy atom. The summed E-state index contributed by atoms with van der Waals surface area (Å²) in [4.78, 5) is 14.8. The van der Waals surface area contributed by atoms with Gasteiger partial charge in [-0.1, -0.05) is 13.8 Å². The van der Waals surface area contributed by atoms with Crippen LogP contribution in [0.25, 0.3) is 16.5 Å². The molecule has 1 saturated heterocycles. The van der Waals surface area contributed by atoms with Crippen molar-refractivity contribution in [2.45, 2.75) is 41.0 Å². The summed E-state index contributed by atoms with van der Waals surface area (Å²) in [5.41, 5.74) is 3.80. The highest BCUT2D eigenvalue weighted by Gasteiger charge is 2.24. The van der Waals surface area contributed by atoms with E-state index in [9.17, 15) is 4.79 Å². The average molecular weight is 355 g/mol. The Kier molecular flexibility index (Phi) is 5.12. The summed E-state index contributed by atoms with van der Waals surface area (Å²) in [6, 6.07) is 3.98. The van der Waals surface area contributed by atoms with Crippen LogP contribution in [0.5, 0.6) is 5.75 Å². The zero-order chi connectivity index (χ0) is 19.0. The Morgan fingerprint density at radius 2 is 1.88 bits per heavy atom. The van der Waals surface area contributed by atoms with Crippen molar-refractivity contribution in [2.75, 3.05) is 20.2 Å². The molecule has 1 aromatic heterocycles. The second-order valence-electron chi connectivity index (χ2n) is 7.85. The number of hydrogen-bond donors (Lipinski definition) is 0. The lowest BCUT2D eigenvalue weighted by Gasteiger charge is -2.34. The minimum absolute atomic E-state index is 0.0862. The van der Waals surface area contributed by atoms with E-state index in [1.807, 2.05) is 24.8 Å². The first-order chi connectivity index (χ1) is 12.3. The Balaban J connectivity index is 1.95. The third kappa shape index (κ3) is 3.50. The summed E-state index contributed by atoms with van der Waals surface area (Å²) >= 11 is 0. The van der Waals surface area contributed by atoms with Crippen LogP contribution < -0.4 is 4.74 Å². The lowest BCUT2D eigenvalue weighted by atomic mass is 9.91. The molecule has 0 aliphatic carbocycles. The third-order valence-corrected chi connectivity index (χ3v) is 5.44. The summed E-state index contributed by atoms with van der Waals surface area (Å²) in [7, 11) is 1.65. The average Bonchev–Trinajstić information content (AvgIpc) is 2.86. The Hall–Kier alpha value is -2.23. The van der Waals surface area contributed by atoms with Gasteiger partial charge in [-0.2, -0.15) is 0 Å². The van der Waals surface area contributed by atoms with E-state index in [2.05, 4.69) is 26.8 Å². The number of methoxy groups -OCH3 is 1. The number of benzene rings is 1. The number of carbonyl (C=O) groups excluding carboxylic acids is 1. The van der Waals surface area contributed by atoms with E-state index >= 15 is 0 Å². The van der Waals surface area contributed by atoms with E-state index in [0.29, 0.717) is 11.8 Å². The molecule has 2 atom stereocenters. The number of fused-ring (bicyclic) bond motifs is 1. The molecule has 2 aromatic rings. The van der Waals surface area contributed by atoms with E-state index in [1.165, 1.54) is 6.42 Å². The number of amides is 1. The van der Waals surface area contributed by atoms with Gasteiger partial charge < -0.3 is 14.1 Å². The molecule has 1 aliphatic heterocycles. The molecule has 26 heavy (non-hydrogen) atoms. The van der Waals surface area contributed by atoms with E-state index in [4.69, 9.17) is 9.15 Å². The van der Waals surface area contributed by atoms with Crippen molar-refractivity contribution in [2.24, 2.45) is 11.8 Å². The number of ether oxygens (including phenoxy) is 1. The minimum Gasteiger partial charge on any atom is -0.496 e. The highest BCUT2D eigenvalue weighted by Crippen LogP contribution is 2.35. The van der Waals surface area contributed by atoms with Crippen LogP contribution in [0, 0.1) is 25.7 Å². The van der Waals surface area contributed by atoms with Crippen molar-refractivity contribution in [3.8, 4) is 5.75 Å². The number of likely N-dealkylation sites (tertiary alicyclic amines) is 1. The Morgan fingerprint density at radius 3 is 2.50 bits per heavy atom. The fourth-order valence-corrected chi connectivity index (χ4v) is 4.04. The molecule has 1 aromatic carbocycles. The predicted octanol–water partition coefficient (Wildman–Crippen LogP) is 4.97. The number of rotatable bonds is 3. The summed E-state index contributed by atoms with van der Waals surface area (Å²) in [5.74, 6) is 2.84. The van der Waals surface area contributed by atoms with Crippen LogP contribution >= 0.6 is 0 Å². The van der Waals surface area contributed by atoms with Gasteiger partial charge in [0, 0.05) is 36.2 Å². The maximum Gasteiger partial charge on any atom is 0.246 e. The molecule has 3 rings (SSSR count). The SMILES string of the molecule is COc1cc2oc(C)c(C)c2cc1/C(C)=C/C(=O)N1CC(C)CC(C)C1. The molecule has 0 saturated carbocycles. The van der Waals surface area contributed by atoms with E-state index in [-0.39, 0.29) is 5.91 Å². The third-order valence-electron chi connectivity index (χ3n) is 5.44. The Labute approximate surface area is 155 Å². The zero-order valence-electron chi connectivity index (χ0n) is 16.7. The summed E-state index contributed by atoms with van der Waals surface area (Å²) < 4.78 is 11.4. The number of hydrogen-bond acceptors (Lipinski definition) is 3. The summed E-state index contributed by atoms with van der Waals surface area (Å²) in [5, 5.41) is 1.07.